The molecule has 1 saturated heterocycles. The second kappa shape index (κ2) is 9.45. The number of furan rings is 1. The molecule has 0 aliphatic carbocycles. The quantitative estimate of drug-likeness (QED) is 0.369. The molecule has 1 unspecified atom stereocenters. The van der Waals surface area contributed by atoms with Crippen LogP contribution in [-0.2, 0) is 0 Å². The average molecular weight is 434 g/mol. The Labute approximate surface area is 167 Å². The number of nitrogens with one attached hydrogen (secondary N) is 3. The van der Waals surface area contributed by atoms with Crippen molar-refractivity contribution in [3.05, 3.63) is 52.9 Å². The van der Waals surface area contributed by atoms with Crippen molar-refractivity contribution >= 4 is 33.5 Å². The first-order valence-electron chi connectivity index (χ1n) is 8.95. The van der Waals surface area contributed by atoms with Gasteiger partial charge in [0, 0.05) is 43.7 Å². The Morgan fingerprint density at radius 3 is 2.81 bits per heavy atom. The molecule has 0 bridgehead atoms. The zero-order valence-corrected chi connectivity index (χ0v) is 16.8. The Morgan fingerprint density at radius 1 is 1.26 bits per heavy atom. The predicted octanol–water partition coefficient (Wildman–Crippen LogP) is 2.22. The van der Waals surface area contributed by atoms with Gasteiger partial charge in [0.2, 0.25) is 0 Å². The minimum Gasteiger partial charge on any atom is -0.459 e. The van der Waals surface area contributed by atoms with Crippen LogP contribution in [0.4, 0.5) is 5.69 Å². The molecule has 1 atom stereocenters. The number of halogens is 1. The molecule has 1 aromatic carbocycles. The number of amides is 1. The van der Waals surface area contributed by atoms with Gasteiger partial charge in [-0.3, -0.25) is 9.79 Å². The molecule has 1 fully saturated rings. The van der Waals surface area contributed by atoms with E-state index in [0.717, 1.165) is 29.9 Å². The maximum absolute atomic E-state index is 11.8. The van der Waals surface area contributed by atoms with Crippen molar-refractivity contribution in [3.8, 4) is 0 Å². The molecule has 2 heterocycles. The number of carbonyl (C=O) groups excluding carboxylic acids is 1. The molecule has 27 heavy (non-hydrogen) atoms. The first kappa shape index (κ1) is 19.3. The van der Waals surface area contributed by atoms with E-state index >= 15 is 0 Å². The molecular formula is C19H24BrN5O2. The van der Waals surface area contributed by atoms with Crippen molar-refractivity contribution in [2.75, 3.05) is 38.1 Å². The Morgan fingerprint density at radius 2 is 2.07 bits per heavy atom. The Kier molecular flexibility index (Phi) is 6.75. The highest BCUT2D eigenvalue weighted by Gasteiger charge is 2.24. The lowest BCUT2D eigenvalue weighted by Gasteiger charge is -2.21. The zero-order valence-electron chi connectivity index (χ0n) is 15.2. The lowest BCUT2D eigenvalue weighted by atomic mass is 10.3. The van der Waals surface area contributed by atoms with Crippen molar-refractivity contribution in [2.24, 2.45) is 4.99 Å². The summed E-state index contributed by atoms with van der Waals surface area (Å²) in [4.78, 5) is 18.4. The normalized spacial score (nSPS) is 17.0. The van der Waals surface area contributed by atoms with Gasteiger partial charge in [0.25, 0.3) is 5.91 Å². The van der Waals surface area contributed by atoms with E-state index in [2.05, 4.69) is 60.0 Å². The predicted molar refractivity (Wildman–Crippen MR) is 110 cm³/mol. The molecule has 1 amide bonds. The van der Waals surface area contributed by atoms with Crippen molar-refractivity contribution < 1.29 is 9.21 Å². The van der Waals surface area contributed by atoms with E-state index in [1.54, 1.807) is 19.2 Å². The third-order valence-electron chi connectivity index (χ3n) is 4.39. The molecular weight excluding hydrogens is 410 g/mol. The molecule has 3 N–H and O–H groups in total. The molecule has 7 nitrogen and oxygen atoms in total. The Hall–Kier alpha value is -2.48. The topological polar surface area (TPSA) is 81.9 Å². The molecule has 144 valence electrons. The molecule has 1 aromatic heterocycles. The van der Waals surface area contributed by atoms with Crippen LogP contribution in [0.15, 0.2) is 56.5 Å². The fourth-order valence-electron chi connectivity index (χ4n) is 3.04. The monoisotopic (exact) mass is 433 g/mol. The number of hydrogen-bond acceptors (Lipinski definition) is 4. The van der Waals surface area contributed by atoms with Crippen molar-refractivity contribution in [2.45, 2.75) is 12.5 Å². The Balaban J connectivity index is 1.40. The second-order valence-corrected chi connectivity index (χ2v) is 7.11. The SMILES string of the molecule is CN=C(NCCNC(=O)c1ccco1)NC1CCN(c2ccccc2Br)C1. The maximum Gasteiger partial charge on any atom is 0.287 e. The molecule has 2 aromatic rings. The van der Waals surface area contributed by atoms with Crippen LogP contribution in [0.2, 0.25) is 0 Å². The van der Waals surface area contributed by atoms with E-state index in [0.29, 0.717) is 24.9 Å². The van der Waals surface area contributed by atoms with Gasteiger partial charge in [0.1, 0.15) is 0 Å². The molecule has 1 aliphatic heterocycles. The molecule has 0 spiro atoms. The van der Waals surface area contributed by atoms with Crippen molar-refractivity contribution in [3.63, 3.8) is 0 Å². The number of benzene rings is 1. The van der Waals surface area contributed by atoms with Gasteiger partial charge in [0.15, 0.2) is 11.7 Å². The summed E-state index contributed by atoms with van der Waals surface area (Å²) in [5, 5.41) is 9.48. The third kappa shape index (κ3) is 5.26. The standard InChI is InChI=1S/C19H24BrN5O2/c1-21-19(23-10-9-22-18(26)17-7-4-12-27-17)24-14-8-11-25(13-14)16-6-3-2-5-15(16)20/h2-7,12,14H,8-11,13H2,1H3,(H,22,26)(H2,21,23,24). The van der Waals surface area contributed by atoms with E-state index in [-0.39, 0.29) is 5.91 Å². The number of anilines is 1. The molecule has 0 radical (unpaired) electrons. The van der Waals surface area contributed by atoms with Crippen LogP contribution in [0.5, 0.6) is 0 Å². The average Bonchev–Trinajstić information content (AvgIpc) is 3.36. The Bertz CT molecular complexity index is 778. The van der Waals surface area contributed by atoms with Crippen LogP contribution in [0.25, 0.3) is 0 Å². The van der Waals surface area contributed by atoms with Crippen LogP contribution in [0, 0.1) is 0 Å². The first-order valence-corrected chi connectivity index (χ1v) is 9.75. The lowest BCUT2D eigenvalue weighted by Crippen LogP contribution is -2.46. The van der Waals surface area contributed by atoms with Gasteiger partial charge >= 0.3 is 0 Å². The third-order valence-corrected chi connectivity index (χ3v) is 5.06. The summed E-state index contributed by atoms with van der Waals surface area (Å²) in [5.41, 5.74) is 1.21. The van der Waals surface area contributed by atoms with Crippen molar-refractivity contribution in [1.82, 2.24) is 16.0 Å². The summed E-state index contributed by atoms with van der Waals surface area (Å²) in [7, 11) is 1.75. The zero-order chi connectivity index (χ0) is 19.1. The number of para-hydroxylation sites is 1. The van der Waals surface area contributed by atoms with Gasteiger partial charge in [-0.05, 0) is 46.6 Å². The number of nitrogens with zero attached hydrogens (tertiary/aromatic N) is 2. The van der Waals surface area contributed by atoms with E-state index in [9.17, 15) is 4.79 Å². The molecule has 1 aliphatic rings. The van der Waals surface area contributed by atoms with Crippen LogP contribution in [0.1, 0.15) is 17.0 Å². The number of carbonyl (C=O) groups is 1. The van der Waals surface area contributed by atoms with Gasteiger partial charge in [0.05, 0.1) is 12.0 Å². The van der Waals surface area contributed by atoms with Gasteiger partial charge < -0.3 is 25.3 Å². The van der Waals surface area contributed by atoms with Gasteiger partial charge in [-0.1, -0.05) is 12.1 Å². The van der Waals surface area contributed by atoms with E-state index in [1.807, 2.05) is 6.07 Å². The summed E-state index contributed by atoms with van der Waals surface area (Å²) in [6, 6.07) is 11.9. The summed E-state index contributed by atoms with van der Waals surface area (Å²) in [5.74, 6) is 0.835. The minimum absolute atomic E-state index is 0.218. The summed E-state index contributed by atoms with van der Waals surface area (Å²) >= 11 is 3.62. The smallest absolute Gasteiger partial charge is 0.287 e. The van der Waals surface area contributed by atoms with Crippen molar-refractivity contribution in [1.29, 1.82) is 0 Å². The summed E-state index contributed by atoms with van der Waals surface area (Å²) < 4.78 is 6.17. The maximum atomic E-state index is 11.8. The summed E-state index contributed by atoms with van der Waals surface area (Å²) in [6.45, 7) is 2.97. The molecule has 3 rings (SSSR count). The highest BCUT2D eigenvalue weighted by atomic mass is 79.9. The first-order chi connectivity index (χ1) is 13.2. The fourth-order valence-corrected chi connectivity index (χ4v) is 3.58. The molecule has 8 heteroatoms. The van der Waals surface area contributed by atoms with Crippen LogP contribution < -0.4 is 20.9 Å². The van der Waals surface area contributed by atoms with Gasteiger partial charge in [-0.15, -0.1) is 0 Å². The number of rotatable bonds is 6. The van der Waals surface area contributed by atoms with E-state index in [4.69, 9.17) is 4.42 Å². The lowest BCUT2D eigenvalue weighted by molar-refractivity contribution is 0.0926. The van der Waals surface area contributed by atoms with Crippen LogP contribution in [-0.4, -0.2) is 51.1 Å². The largest absolute Gasteiger partial charge is 0.459 e. The second-order valence-electron chi connectivity index (χ2n) is 6.26. The van der Waals surface area contributed by atoms with Gasteiger partial charge in [-0.2, -0.15) is 0 Å². The highest BCUT2D eigenvalue weighted by Crippen LogP contribution is 2.28. The number of aliphatic imine (C=N–C) groups is 1. The van der Waals surface area contributed by atoms with E-state index < -0.39 is 0 Å². The van der Waals surface area contributed by atoms with Crippen LogP contribution >= 0.6 is 15.9 Å². The molecule has 0 saturated carbocycles. The number of guanidine groups is 1. The van der Waals surface area contributed by atoms with E-state index in [1.165, 1.54) is 12.0 Å². The van der Waals surface area contributed by atoms with Gasteiger partial charge in [-0.25, -0.2) is 0 Å². The number of hydrogen-bond donors (Lipinski definition) is 3. The minimum atomic E-state index is -0.218. The van der Waals surface area contributed by atoms with Crippen LogP contribution in [0.3, 0.4) is 0 Å². The fraction of sp³-hybridized carbons (Fsp3) is 0.368. The summed E-state index contributed by atoms with van der Waals surface area (Å²) in [6.07, 6.45) is 2.52. The highest BCUT2D eigenvalue weighted by molar-refractivity contribution is 9.10.